The van der Waals surface area contributed by atoms with Crippen LogP contribution >= 0.6 is 0 Å². The molecule has 0 fully saturated rings. The molecule has 3 aromatic rings. The van der Waals surface area contributed by atoms with Gasteiger partial charge in [-0.2, -0.15) is 0 Å². The predicted octanol–water partition coefficient (Wildman–Crippen LogP) is 3.47. The van der Waals surface area contributed by atoms with Gasteiger partial charge in [0.25, 0.3) is 5.91 Å². The summed E-state index contributed by atoms with van der Waals surface area (Å²) in [6.07, 6.45) is 2.78. The molecule has 4 nitrogen and oxygen atoms in total. The van der Waals surface area contributed by atoms with Gasteiger partial charge in [0, 0.05) is 0 Å². The van der Waals surface area contributed by atoms with Gasteiger partial charge in [0.15, 0.2) is 0 Å². The van der Waals surface area contributed by atoms with Crippen molar-refractivity contribution < 1.29 is 9.18 Å². The molecule has 0 bridgehead atoms. The zero-order chi connectivity index (χ0) is 14.7. The molecule has 0 atom stereocenters. The van der Waals surface area contributed by atoms with Crippen LogP contribution in [0.3, 0.4) is 0 Å². The maximum Gasteiger partial charge on any atom is 0.273 e. The Hall–Kier alpha value is -2.95. The summed E-state index contributed by atoms with van der Waals surface area (Å²) >= 11 is 0. The van der Waals surface area contributed by atoms with Gasteiger partial charge in [0.05, 0.1) is 18.2 Å². The van der Waals surface area contributed by atoms with E-state index in [0.29, 0.717) is 0 Å². The summed E-state index contributed by atoms with van der Waals surface area (Å²) in [5.74, 6) is -0.917. The molecule has 1 heterocycles. The van der Waals surface area contributed by atoms with E-state index in [9.17, 15) is 9.18 Å². The van der Waals surface area contributed by atoms with Gasteiger partial charge in [-0.1, -0.05) is 36.4 Å². The number of anilines is 1. The molecule has 21 heavy (non-hydrogen) atoms. The summed E-state index contributed by atoms with van der Waals surface area (Å²) in [7, 11) is 0. The number of hydrogen-bond donors (Lipinski definition) is 2. The summed E-state index contributed by atoms with van der Waals surface area (Å²) in [5.41, 5.74) is 2.20. The topological polar surface area (TPSA) is 57.8 Å². The fourth-order valence-corrected chi connectivity index (χ4v) is 2.00. The molecule has 5 heteroatoms. The fraction of sp³-hybridized carbons (Fsp3) is 0. The quantitative estimate of drug-likeness (QED) is 0.772. The molecule has 0 aliphatic carbocycles. The Morgan fingerprint density at radius 2 is 1.90 bits per heavy atom. The van der Waals surface area contributed by atoms with Crippen LogP contribution in [0.25, 0.3) is 11.1 Å². The Morgan fingerprint density at radius 3 is 2.62 bits per heavy atom. The van der Waals surface area contributed by atoms with Gasteiger partial charge in [-0.25, -0.2) is 9.37 Å². The molecule has 0 radical (unpaired) electrons. The van der Waals surface area contributed by atoms with Crippen LogP contribution in [-0.4, -0.2) is 15.9 Å². The number of benzene rings is 2. The van der Waals surface area contributed by atoms with Crippen molar-refractivity contribution in [1.82, 2.24) is 9.97 Å². The SMILES string of the molecule is O=C(Nc1cc(-c2ccccc2)ccc1F)c1cnc[nH]1. The minimum absolute atomic E-state index is 0.135. The smallest absolute Gasteiger partial charge is 0.273 e. The number of aromatic amines is 1. The molecule has 0 aliphatic heterocycles. The number of aromatic nitrogens is 2. The van der Waals surface area contributed by atoms with Gasteiger partial charge in [-0.05, 0) is 23.3 Å². The minimum Gasteiger partial charge on any atom is -0.341 e. The number of rotatable bonds is 3. The van der Waals surface area contributed by atoms with Crippen molar-refractivity contribution in [3.63, 3.8) is 0 Å². The van der Waals surface area contributed by atoms with E-state index in [1.54, 1.807) is 12.1 Å². The number of H-pyrrole nitrogens is 1. The highest BCUT2D eigenvalue weighted by Gasteiger charge is 2.11. The molecule has 0 unspecified atom stereocenters. The number of carbonyl (C=O) groups is 1. The van der Waals surface area contributed by atoms with Crippen LogP contribution in [-0.2, 0) is 0 Å². The number of hydrogen-bond acceptors (Lipinski definition) is 2. The molecule has 104 valence electrons. The third kappa shape index (κ3) is 2.81. The number of halogens is 1. The average Bonchev–Trinajstić information content (AvgIpc) is 3.05. The lowest BCUT2D eigenvalue weighted by Gasteiger charge is -2.08. The first-order valence-electron chi connectivity index (χ1n) is 6.39. The van der Waals surface area contributed by atoms with Crippen molar-refractivity contribution in [2.45, 2.75) is 0 Å². The standard InChI is InChI=1S/C16H12FN3O/c17-13-7-6-12(11-4-2-1-3-5-11)8-14(13)20-16(21)15-9-18-10-19-15/h1-10H,(H,18,19)(H,20,21). The highest BCUT2D eigenvalue weighted by molar-refractivity contribution is 6.03. The van der Waals surface area contributed by atoms with Gasteiger partial charge in [-0.15, -0.1) is 0 Å². The maximum atomic E-state index is 13.8. The van der Waals surface area contributed by atoms with Gasteiger partial charge >= 0.3 is 0 Å². The third-order valence-electron chi connectivity index (χ3n) is 3.06. The van der Waals surface area contributed by atoms with Crippen molar-refractivity contribution in [2.24, 2.45) is 0 Å². The number of carbonyl (C=O) groups excluding carboxylic acids is 1. The first-order chi connectivity index (χ1) is 10.2. The minimum atomic E-state index is -0.484. The van der Waals surface area contributed by atoms with Crippen molar-refractivity contribution >= 4 is 11.6 Å². The molecule has 1 amide bonds. The van der Waals surface area contributed by atoms with Crippen molar-refractivity contribution in [3.05, 3.63) is 72.6 Å². The summed E-state index contributed by atoms with van der Waals surface area (Å²) in [5, 5.41) is 2.54. The van der Waals surface area contributed by atoms with Gasteiger partial charge in [0.1, 0.15) is 11.5 Å². The Labute approximate surface area is 120 Å². The Morgan fingerprint density at radius 1 is 1.10 bits per heavy atom. The second-order valence-electron chi connectivity index (χ2n) is 4.48. The lowest BCUT2D eigenvalue weighted by atomic mass is 10.1. The van der Waals surface area contributed by atoms with E-state index in [0.717, 1.165) is 11.1 Å². The molecule has 1 aromatic heterocycles. The van der Waals surface area contributed by atoms with Crippen LogP contribution in [0.4, 0.5) is 10.1 Å². The van der Waals surface area contributed by atoms with E-state index < -0.39 is 11.7 Å². The fourth-order valence-electron chi connectivity index (χ4n) is 2.00. The normalized spacial score (nSPS) is 10.3. The summed E-state index contributed by atoms with van der Waals surface area (Å²) < 4.78 is 13.8. The highest BCUT2D eigenvalue weighted by Crippen LogP contribution is 2.25. The van der Waals surface area contributed by atoms with E-state index in [1.165, 1.54) is 18.6 Å². The Bertz CT molecular complexity index is 754. The van der Waals surface area contributed by atoms with Gasteiger partial charge in [0.2, 0.25) is 0 Å². The largest absolute Gasteiger partial charge is 0.341 e. The zero-order valence-electron chi connectivity index (χ0n) is 11.0. The van der Waals surface area contributed by atoms with Crippen LogP contribution in [0, 0.1) is 5.82 Å². The molecule has 0 spiro atoms. The Kier molecular flexibility index (Phi) is 3.47. The summed E-state index contributed by atoms with van der Waals surface area (Å²) in [6, 6.07) is 14.2. The molecule has 3 rings (SSSR count). The van der Waals surface area contributed by atoms with Crippen LogP contribution in [0.2, 0.25) is 0 Å². The van der Waals surface area contributed by atoms with E-state index in [1.807, 2.05) is 30.3 Å². The van der Waals surface area contributed by atoms with Crippen LogP contribution < -0.4 is 5.32 Å². The molecule has 2 N–H and O–H groups in total. The zero-order valence-corrected chi connectivity index (χ0v) is 11.0. The van der Waals surface area contributed by atoms with E-state index in [4.69, 9.17) is 0 Å². The van der Waals surface area contributed by atoms with E-state index >= 15 is 0 Å². The van der Waals surface area contributed by atoms with Crippen molar-refractivity contribution in [2.75, 3.05) is 5.32 Å². The van der Waals surface area contributed by atoms with Gasteiger partial charge < -0.3 is 10.3 Å². The first-order valence-corrected chi connectivity index (χ1v) is 6.39. The number of amides is 1. The molecule has 0 saturated heterocycles. The summed E-state index contributed by atoms with van der Waals surface area (Å²) in [6.45, 7) is 0. The monoisotopic (exact) mass is 281 g/mol. The molecular weight excluding hydrogens is 269 g/mol. The van der Waals surface area contributed by atoms with Crippen LogP contribution in [0.15, 0.2) is 61.1 Å². The number of nitrogens with one attached hydrogen (secondary N) is 2. The second-order valence-corrected chi connectivity index (χ2v) is 4.48. The lowest BCUT2D eigenvalue weighted by Crippen LogP contribution is -2.13. The molecular formula is C16H12FN3O. The van der Waals surface area contributed by atoms with Crippen LogP contribution in [0.5, 0.6) is 0 Å². The third-order valence-corrected chi connectivity index (χ3v) is 3.06. The molecule has 0 saturated carbocycles. The van der Waals surface area contributed by atoms with Crippen molar-refractivity contribution in [1.29, 1.82) is 0 Å². The van der Waals surface area contributed by atoms with Crippen molar-refractivity contribution in [3.8, 4) is 11.1 Å². The number of imidazole rings is 1. The molecule has 0 aliphatic rings. The second kappa shape index (κ2) is 5.58. The summed E-state index contributed by atoms with van der Waals surface area (Å²) in [4.78, 5) is 18.4. The molecule has 2 aromatic carbocycles. The van der Waals surface area contributed by atoms with Crippen LogP contribution in [0.1, 0.15) is 10.5 Å². The first kappa shape index (κ1) is 13.1. The predicted molar refractivity (Wildman–Crippen MR) is 78.4 cm³/mol. The number of nitrogens with zero attached hydrogens (tertiary/aromatic N) is 1. The lowest BCUT2D eigenvalue weighted by molar-refractivity contribution is 0.102. The van der Waals surface area contributed by atoms with E-state index in [2.05, 4.69) is 15.3 Å². The maximum absolute atomic E-state index is 13.8. The average molecular weight is 281 g/mol. The van der Waals surface area contributed by atoms with Gasteiger partial charge in [-0.3, -0.25) is 4.79 Å². The Balaban J connectivity index is 1.90. The van der Waals surface area contributed by atoms with E-state index in [-0.39, 0.29) is 11.4 Å². The highest BCUT2D eigenvalue weighted by atomic mass is 19.1.